The Morgan fingerprint density at radius 3 is 2.45 bits per heavy atom. The van der Waals surface area contributed by atoms with Gasteiger partial charge in [0.1, 0.15) is 6.23 Å². The molecule has 0 saturated heterocycles. The molecule has 1 fully saturated rings. The highest BCUT2D eigenvalue weighted by Gasteiger charge is 2.15. The Balaban J connectivity index is 2.13. The van der Waals surface area contributed by atoms with Crippen molar-refractivity contribution in [3.8, 4) is 0 Å². The van der Waals surface area contributed by atoms with Gasteiger partial charge in [0.2, 0.25) is 0 Å². The molecule has 0 aromatic rings. The first-order valence-corrected chi connectivity index (χ1v) is 4.57. The molecule has 2 nitrogen and oxygen atoms in total. The maximum atomic E-state index is 5.67. The zero-order valence-corrected chi connectivity index (χ0v) is 7.55. The summed E-state index contributed by atoms with van der Waals surface area (Å²) < 4.78 is 5.67. The molecule has 1 unspecified atom stereocenters. The van der Waals surface area contributed by atoms with E-state index in [4.69, 9.17) is 4.74 Å². The average molecular weight is 156 g/mol. The van der Waals surface area contributed by atoms with E-state index in [2.05, 4.69) is 5.32 Å². The Labute approximate surface area is 69.3 Å². The second-order valence-corrected chi connectivity index (χ2v) is 3.25. The van der Waals surface area contributed by atoms with Crippen LogP contribution in [-0.2, 0) is 4.74 Å². The lowest BCUT2D eigenvalue weighted by atomic mass is 9.98. The van der Waals surface area contributed by atoms with E-state index in [9.17, 15) is 0 Å². The van der Waals surface area contributed by atoms with Crippen molar-refractivity contribution in [1.29, 1.82) is 0 Å². The van der Waals surface area contributed by atoms with Crippen molar-refractivity contribution in [2.75, 3.05) is 7.05 Å². The van der Waals surface area contributed by atoms with Crippen molar-refractivity contribution in [1.82, 2.24) is 5.32 Å². The molecule has 1 aliphatic rings. The van der Waals surface area contributed by atoms with Crippen LogP contribution in [0.1, 0.15) is 39.0 Å². The molecule has 0 aromatic carbocycles. The minimum atomic E-state index is 0.0955. The van der Waals surface area contributed by atoms with Crippen molar-refractivity contribution in [2.24, 2.45) is 0 Å². The molecule has 1 radical (unpaired) electrons. The van der Waals surface area contributed by atoms with Crippen molar-refractivity contribution in [2.45, 2.75) is 51.4 Å². The molecule has 65 valence electrons. The van der Waals surface area contributed by atoms with Gasteiger partial charge in [-0.05, 0) is 19.8 Å². The Hall–Kier alpha value is -0.0800. The number of hydrogen-bond acceptors (Lipinski definition) is 1. The molecule has 0 amide bonds. The third kappa shape index (κ3) is 3.21. The van der Waals surface area contributed by atoms with Gasteiger partial charge in [0, 0.05) is 7.05 Å². The second-order valence-electron chi connectivity index (χ2n) is 3.25. The average Bonchev–Trinajstić information content (AvgIpc) is 2.06. The van der Waals surface area contributed by atoms with Crippen molar-refractivity contribution >= 4 is 0 Å². The summed E-state index contributed by atoms with van der Waals surface area (Å²) in [6, 6.07) is 0. The number of ether oxygens (including phenoxy) is 1. The molecule has 1 rings (SSSR count). The van der Waals surface area contributed by atoms with Crippen LogP contribution < -0.4 is 5.32 Å². The summed E-state index contributed by atoms with van der Waals surface area (Å²) in [6.45, 7) is 2.01. The molecule has 2 heteroatoms. The fourth-order valence-electron chi connectivity index (χ4n) is 1.54. The molecule has 0 heterocycles. The van der Waals surface area contributed by atoms with E-state index in [0.29, 0.717) is 6.10 Å². The molecule has 0 bridgehead atoms. The third-order valence-electron chi connectivity index (χ3n) is 2.31. The van der Waals surface area contributed by atoms with E-state index in [1.165, 1.54) is 32.1 Å². The summed E-state index contributed by atoms with van der Waals surface area (Å²) in [6.07, 6.45) is 7.11. The Kier molecular flexibility index (Phi) is 3.87. The van der Waals surface area contributed by atoms with E-state index < -0.39 is 0 Å². The van der Waals surface area contributed by atoms with E-state index in [1.807, 2.05) is 14.0 Å². The lowest BCUT2D eigenvalue weighted by Gasteiger charge is -2.24. The fourth-order valence-corrected chi connectivity index (χ4v) is 1.54. The highest BCUT2D eigenvalue weighted by molar-refractivity contribution is 4.65. The quantitative estimate of drug-likeness (QED) is 0.612. The summed E-state index contributed by atoms with van der Waals surface area (Å²) in [4.78, 5) is 0. The van der Waals surface area contributed by atoms with Crippen molar-refractivity contribution in [3.63, 3.8) is 0 Å². The number of nitrogens with zero attached hydrogens (tertiary/aromatic N) is 1. The first-order chi connectivity index (χ1) is 5.33. The standard InChI is InChI=1S/C9H18NO/c1-8(10-2)11-9-6-4-3-5-7-9/h8-9H,3-7H2,1-2H3. The summed E-state index contributed by atoms with van der Waals surface area (Å²) in [5, 5.41) is 4.06. The molecule has 0 spiro atoms. The smallest absolute Gasteiger partial charge is 0.120 e. The van der Waals surface area contributed by atoms with Crippen LogP contribution in [0.15, 0.2) is 0 Å². The highest BCUT2D eigenvalue weighted by Crippen LogP contribution is 2.20. The van der Waals surface area contributed by atoms with Crippen LogP contribution >= 0.6 is 0 Å². The minimum Gasteiger partial charge on any atom is -0.359 e. The molecule has 0 N–H and O–H groups in total. The summed E-state index contributed by atoms with van der Waals surface area (Å²) in [7, 11) is 1.81. The number of hydrogen-bond donors (Lipinski definition) is 0. The van der Waals surface area contributed by atoms with Crippen molar-refractivity contribution < 1.29 is 4.74 Å². The highest BCUT2D eigenvalue weighted by atomic mass is 16.5. The molecule has 1 atom stereocenters. The first-order valence-electron chi connectivity index (χ1n) is 4.57. The zero-order valence-electron chi connectivity index (χ0n) is 7.55. The van der Waals surface area contributed by atoms with Crippen LogP contribution in [0.5, 0.6) is 0 Å². The predicted molar refractivity (Wildman–Crippen MR) is 45.5 cm³/mol. The van der Waals surface area contributed by atoms with Crippen molar-refractivity contribution in [3.05, 3.63) is 0 Å². The van der Waals surface area contributed by atoms with Gasteiger partial charge in [0.25, 0.3) is 0 Å². The van der Waals surface area contributed by atoms with Crippen LogP contribution in [0.2, 0.25) is 0 Å². The van der Waals surface area contributed by atoms with Crippen LogP contribution in [0.3, 0.4) is 0 Å². The molecular formula is C9H18NO. The van der Waals surface area contributed by atoms with Gasteiger partial charge in [0.15, 0.2) is 0 Å². The fraction of sp³-hybridized carbons (Fsp3) is 1.00. The molecule has 1 saturated carbocycles. The van der Waals surface area contributed by atoms with Crippen LogP contribution in [0, 0.1) is 0 Å². The van der Waals surface area contributed by atoms with E-state index in [0.717, 1.165) is 0 Å². The lowest BCUT2D eigenvalue weighted by molar-refractivity contribution is -0.0345. The van der Waals surface area contributed by atoms with Gasteiger partial charge < -0.3 is 4.74 Å². The SMILES string of the molecule is C[N]C(C)OC1CCCCC1. The molecule has 0 aliphatic heterocycles. The monoisotopic (exact) mass is 156 g/mol. The predicted octanol–water partition coefficient (Wildman–Crippen LogP) is 1.92. The molecule has 0 aromatic heterocycles. The number of rotatable bonds is 3. The summed E-state index contributed by atoms with van der Waals surface area (Å²) in [5.74, 6) is 0. The van der Waals surface area contributed by atoms with E-state index in [1.54, 1.807) is 0 Å². The van der Waals surface area contributed by atoms with Gasteiger partial charge in [0.05, 0.1) is 6.10 Å². The Morgan fingerprint density at radius 2 is 1.91 bits per heavy atom. The maximum Gasteiger partial charge on any atom is 0.120 e. The molecule has 11 heavy (non-hydrogen) atoms. The van der Waals surface area contributed by atoms with Crippen LogP contribution in [-0.4, -0.2) is 19.4 Å². The Morgan fingerprint density at radius 1 is 1.27 bits per heavy atom. The lowest BCUT2D eigenvalue weighted by Crippen LogP contribution is -2.27. The maximum absolute atomic E-state index is 5.67. The van der Waals surface area contributed by atoms with Gasteiger partial charge in [-0.2, -0.15) is 0 Å². The normalized spacial score (nSPS) is 23.5. The molecule has 1 aliphatic carbocycles. The second kappa shape index (κ2) is 4.73. The van der Waals surface area contributed by atoms with Crippen LogP contribution in [0.4, 0.5) is 0 Å². The molecular weight excluding hydrogens is 138 g/mol. The zero-order chi connectivity index (χ0) is 8.10. The minimum absolute atomic E-state index is 0.0955. The van der Waals surface area contributed by atoms with E-state index in [-0.39, 0.29) is 6.23 Å². The van der Waals surface area contributed by atoms with Crippen LogP contribution in [0.25, 0.3) is 0 Å². The topological polar surface area (TPSA) is 23.3 Å². The van der Waals surface area contributed by atoms with Gasteiger partial charge in [-0.15, -0.1) is 0 Å². The third-order valence-corrected chi connectivity index (χ3v) is 2.31. The Bertz CT molecular complexity index is 99.7. The largest absolute Gasteiger partial charge is 0.359 e. The van der Waals surface area contributed by atoms with Gasteiger partial charge in [-0.1, -0.05) is 19.3 Å². The summed E-state index contributed by atoms with van der Waals surface area (Å²) >= 11 is 0. The first kappa shape index (κ1) is 9.01. The van der Waals surface area contributed by atoms with Gasteiger partial charge in [-0.25, -0.2) is 5.32 Å². The van der Waals surface area contributed by atoms with Gasteiger partial charge in [-0.3, -0.25) is 0 Å². The van der Waals surface area contributed by atoms with E-state index >= 15 is 0 Å². The summed E-state index contributed by atoms with van der Waals surface area (Å²) in [5.41, 5.74) is 0. The van der Waals surface area contributed by atoms with Gasteiger partial charge >= 0.3 is 0 Å².